The van der Waals surface area contributed by atoms with Gasteiger partial charge < -0.3 is 19.3 Å². The standard InChI is InChI=1S/C26H33N5O3/c1-17(2)34-26(32)30-11-8-19(9-12-30)23-15-24(31-13-14-33-16-18(31)3)29-25(28-23)21-7-10-27-22-6-4-5-20(21)22/h4-5,7,10,15,17-19H,6,8-9,11-14,16H2,1-3H3/t18-/m1/s1. The zero-order valence-electron chi connectivity index (χ0n) is 20.2. The maximum Gasteiger partial charge on any atom is 0.410 e. The van der Waals surface area contributed by atoms with E-state index in [1.165, 1.54) is 0 Å². The van der Waals surface area contributed by atoms with Gasteiger partial charge in [-0.15, -0.1) is 0 Å². The second-order valence-electron chi connectivity index (χ2n) is 9.61. The third-order valence-corrected chi connectivity index (χ3v) is 6.81. The molecule has 3 aliphatic rings. The molecule has 2 saturated heterocycles. The van der Waals surface area contributed by atoms with Crippen LogP contribution in [0.3, 0.4) is 0 Å². The summed E-state index contributed by atoms with van der Waals surface area (Å²) in [6.45, 7) is 9.48. The van der Waals surface area contributed by atoms with Gasteiger partial charge in [-0.05, 0) is 39.7 Å². The Hall–Kier alpha value is -3.00. The summed E-state index contributed by atoms with van der Waals surface area (Å²) < 4.78 is 11.1. The molecule has 0 spiro atoms. The number of amides is 1. The minimum absolute atomic E-state index is 0.108. The van der Waals surface area contributed by atoms with Gasteiger partial charge in [0.1, 0.15) is 5.82 Å². The number of piperidine rings is 1. The first-order valence-electron chi connectivity index (χ1n) is 12.3. The number of nitrogens with zero attached hydrogens (tertiary/aromatic N) is 5. The Morgan fingerprint density at radius 3 is 2.79 bits per heavy atom. The van der Waals surface area contributed by atoms with Crippen LogP contribution in [0.25, 0.3) is 17.5 Å². The summed E-state index contributed by atoms with van der Waals surface area (Å²) in [6, 6.07) is 4.42. The fraction of sp³-hybridized carbons (Fsp3) is 0.538. The number of ether oxygens (including phenoxy) is 2. The third-order valence-electron chi connectivity index (χ3n) is 6.81. The molecule has 5 rings (SSSR count). The van der Waals surface area contributed by atoms with E-state index in [1.807, 2.05) is 31.0 Å². The summed E-state index contributed by atoms with van der Waals surface area (Å²) in [5.74, 6) is 1.97. The van der Waals surface area contributed by atoms with Crippen LogP contribution in [0.4, 0.5) is 10.6 Å². The molecule has 0 radical (unpaired) electrons. The average molecular weight is 464 g/mol. The number of morpholine rings is 1. The van der Waals surface area contributed by atoms with Crippen molar-refractivity contribution in [2.45, 2.75) is 58.1 Å². The van der Waals surface area contributed by atoms with Crippen molar-refractivity contribution in [1.29, 1.82) is 0 Å². The first-order chi connectivity index (χ1) is 16.5. The number of allylic oxidation sites excluding steroid dienone is 1. The van der Waals surface area contributed by atoms with Crippen LogP contribution in [-0.2, 0) is 15.9 Å². The zero-order chi connectivity index (χ0) is 23.7. The molecule has 34 heavy (non-hydrogen) atoms. The number of carbonyl (C=O) groups is 1. The highest BCUT2D eigenvalue weighted by atomic mass is 16.6. The Morgan fingerprint density at radius 1 is 1.21 bits per heavy atom. The number of pyridine rings is 1. The molecule has 1 aliphatic carbocycles. The summed E-state index contributed by atoms with van der Waals surface area (Å²) in [4.78, 5) is 31.1. The van der Waals surface area contributed by atoms with Crippen LogP contribution in [-0.4, -0.2) is 70.9 Å². The van der Waals surface area contributed by atoms with Crippen LogP contribution in [0.1, 0.15) is 56.5 Å². The van der Waals surface area contributed by atoms with Crippen LogP contribution in [0.2, 0.25) is 0 Å². The number of hydrogen-bond acceptors (Lipinski definition) is 7. The van der Waals surface area contributed by atoms with Gasteiger partial charge in [-0.25, -0.2) is 14.8 Å². The molecule has 0 saturated carbocycles. The number of anilines is 1. The van der Waals surface area contributed by atoms with Crippen molar-refractivity contribution in [3.05, 3.63) is 41.4 Å². The average Bonchev–Trinajstić information content (AvgIpc) is 3.33. The van der Waals surface area contributed by atoms with E-state index in [1.54, 1.807) is 0 Å². The van der Waals surface area contributed by atoms with Crippen LogP contribution in [0.15, 0.2) is 24.4 Å². The molecule has 4 heterocycles. The molecule has 2 fully saturated rings. The van der Waals surface area contributed by atoms with E-state index in [0.717, 1.165) is 60.0 Å². The molecule has 1 atom stereocenters. The van der Waals surface area contributed by atoms with E-state index in [0.29, 0.717) is 26.3 Å². The van der Waals surface area contributed by atoms with E-state index in [2.05, 4.69) is 35.0 Å². The largest absolute Gasteiger partial charge is 0.447 e. The predicted octanol–water partition coefficient (Wildman–Crippen LogP) is 4.06. The summed E-state index contributed by atoms with van der Waals surface area (Å²) in [7, 11) is 0. The lowest BCUT2D eigenvalue weighted by atomic mass is 9.93. The molecule has 8 nitrogen and oxygen atoms in total. The number of likely N-dealkylation sites (tertiary alicyclic amines) is 1. The normalized spacial score (nSPS) is 20.6. The highest BCUT2D eigenvalue weighted by Gasteiger charge is 2.29. The molecule has 180 valence electrons. The number of fused-ring (bicyclic) bond motifs is 1. The second-order valence-corrected chi connectivity index (χ2v) is 9.61. The molecular formula is C26H33N5O3. The molecule has 2 aromatic heterocycles. The van der Waals surface area contributed by atoms with Gasteiger partial charge in [0.2, 0.25) is 0 Å². The lowest BCUT2D eigenvalue weighted by Crippen LogP contribution is -2.44. The van der Waals surface area contributed by atoms with Gasteiger partial charge in [0.25, 0.3) is 0 Å². The fourth-order valence-electron chi connectivity index (χ4n) is 4.98. The van der Waals surface area contributed by atoms with Gasteiger partial charge in [0.05, 0.1) is 31.1 Å². The molecule has 2 aliphatic heterocycles. The Balaban J connectivity index is 1.46. The van der Waals surface area contributed by atoms with Gasteiger partial charge in [-0.2, -0.15) is 0 Å². The number of carbonyl (C=O) groups excluding carboxylic acids is 1. The topological polar surface area (TPSA) is 80.7 Å². The van der Waals surface area contributed by atoms with Gasteiger partial charge in [0, 0.05) is 61.1 Å². The summed E-state index contributed by atoms with van der Waals surface area (Å²) in [6.07, 6.45) is 8.36. The van der Waals surface area contributed by atoms with Gasteiger partial charge in [-0.1, -0.05) is 12.2 Å². The van der Waals surface area contributed by atoms with E-state index in [4.69, 9.17) is 19.4 Å². The Kier molecular flexibility index (Phi) is 6.50. The van der Waals surface area contributed by atoms with Crippen LogP contribution in [0, 0.1) is 0 Å². The maximum absolute atomic E-state index is 12.3. The van der Waals surface area contributed by atoms with E-state index >= 15 is 0 Å². The molecule has 1 amide bonds. The van der Waals surface area contributed by atoms with Crippen LogP contribution < -0.4 is 4.90 Å². The lowest BCUT2D eigenvalue weighted by molar-refractivity contribution is 0.0690. The lowest BCUT2D eigenvalue weighted by Gasteiger charge is -2.35. The first-order valence-corrected chi connectivity index (χ1v) is 12.3. The van der Waals surface area contributed by atoms with Crippen molar-refractivity contribution in [1.82, 2.24) is 19.9 Å². The minimum atomic E-state index is -0.223. The van der Waals surface area contributed by atoms with Gasteiger partial charge in [0.15, 0.2) is 5.82 Å². The summed E-state index contributed by atoms with van der Waals surface area (Å²) >= 11 is 0. The zero-order valence-corrected chi connectivity index (χ0v) is 20.2. The van der Waals surface area contributed by atoms with Gasteiger partial charge in [-0.3, -0.25) is 4.98 Å². The molecule has 8 heteroatoms. The van der Waals surface area contributed by atoms with Crippen LogP contribution in [0.5, 0.6) is 0 Å². The maximum atomic E-state index is 12.3. The Morgan fingerprint density at radius 2 is 2.03 bits per heavy atom. The highest BCUT2D eigenvalue weighted by Crippen LogP contribution is 2.34. The SMILES string of the molecule is CC(C)OC(=O)N1CCC(c2cc(N3CCOC[C@H]3C)nc(-c3ccnc4c3C=CC4)n2)CC1. The van der Waals surface area contributed by atoms with Crippen molar-refractivity contribution in [2.24, 2.45) is 0 Å². The van der Waals surface area contributed by atoms with Crippen molar-refractivity contribution in [3.63, 3.8) is 0 Å². The number of hydrogen-bond donors (Lipinski definition) is 0. The molecule has 0 N–H and O–H groups in total. The van der Waals surface area contributed by atoms with Crippen molar-refractivity contribution in [3.8, 4) is 11.4 Å². The number of rotatable bonds is 4. The molecular weight excluding hydrogens is 430 g/mol. The fourth-order valence-corrected chi connectivity index (χ4v) is 4.98. The molecule has 0 aromatic carbocycles. The van der Waals surface area contributed by atoms with E-state index in [-0.39, 0.29) is 24.2 Å². The monoisotopic (exact) mass is 463 g/mol. The summed E-state index contributed by atoms with van der Waals surface area (Å²) in [5, 5.41) is 0. The third kappa shape index (κ3) is 4.64. The van der Waals surface area contributed by atoms with Crippen molar-refractivity contribution in [2.75, 3.05) is 37.7 Å². The molecule has 2 aromatic rings. The van der Waals surface area contributed by atoms with Crippen LogP contribution >= 0.6 is 0 Å². The Bertz CT molecular complexity index is 1080. The second kappa shape index (κ2) is 9.70. The summed E-state index contributed by atoms with van der Waals surface area (Å²) in [5.41, 5.74) is 4.26. The smallest absolute Gasteiger partial charge is 0.410 e. The van der Waals surface area contributed by atoms with Crippen molar-refractivity contribution < 1.29 is 14.3 Å². The van der Waals surface area contributed by atoms with Gasteiger partial charge >= 0.3 is 6.09 Å². The minimum Gasteiger partial charge on any atom is -0.447 e. The first kappa shape index (κ1) is 22.8. The van der Waals surface area contributed by atoms with E-state index < -0.39 is 0 Å². The van der Waals surface area contributed by atoms with Crippen molar-refractivity contribution >= 4 is 18.0 Å². The molecule has 0 unspecified atom stereocenters. The predicted molar refractivity (Wildman–Crippen MR) is 131 cm³/mol. The molecule has 0 bridgehead atoms. The highest BCUT2D eigenvalue weighted by molar-refractivity contribution is 5.75. The Labute approximate surface area is 201 Å². The quantitative estimate of drug-likeness (QED) is 0.676. The number of aromatic nitrogens is 3. The van der Waals surface area contributed by atoms with E-state index in [9.17, 15) is 4.79 Å².